The number of halogens is 1. The van der Waals surface area contributed by atoms with Gasteiger partial charge >= 0.3 is 5.97 Å². The second-order valence-electron chi connectivity index (χ2n) is 6.60. The largest absolute Gasteiger partial charge is 0.452 e. The minimum atomic E-state index is -0.961. The Kier molecular flexibility index (Phi) is 7.18. The molecule has 32 heavy (non-hydrogen) atoms. The second kappa shape index (κ2) is 10.0. The first-order valence-electron chi connectivity index (χ1n) is 9.28. The summed E-state index contributed by atoms with van der Waals surface area (Å²) in [6, 6.07) is 7.48. The standard InChI is InChI=1S/C19H17ClN4O8/c20-13-2-4-15(23(27)28)14(10-13)21-18(25)11-32-19(26)12-1-3-16(17(9-12)24(29)30)22-5-7-31-8-6-22/h1-4,9-10H,5-8,11H2,(H,21,25). The van der Waals surface area contributed by atoms with Gasteiger partial charge < -0.3 is 19.7 Å². The van der Waals surface area contributed by atoms with Crippen LogP contribution in [0, 0.1) is 20.2 Å². The molecule has 0 aliphatic carbocycles. The van der Waals surface area contributed by atoms with Crippen LogP contribution in [0.4, 0.5) is 22.7 Å². The number of amides is 1. The summed E-state index contributed by atoms with van der Waals surface area (Å²) in [5, 5.41) is 25.0. The molecule has 3 rings (SSSR count). The zero-order valence-corrected chi connectivity index (χ0v) is 17.2. The van der Waals surface area contributed by atoms with Crippen molar-refractivity contribution >= 4 is 46.2 Å². The van der Waals surface area contributed by atoms with Crippen molar-refractivity contribution in [3.05, 3.63) is 67.2 Å². The van der Waals surface area contributed by atoms with Crippen molar-refractivity contribution in [1.29, 1.82) is 0 Å². The van der Waals surface area contributed by atoms with Crippen molar-refractivity contribution in [2.45, 2.75) is 0 Å². The molecule has 13 heteroatoms. The SMILES string of the molecule is O=C(COC(=O)c1ccc(N2CCOCC2)c([N+](=O)[O-])c1)Nc1cc(Cl)ccc1[N+](=O)[O-]. The van der Waals surface area contributed by atoms with E-state index in [1.165, 1.54) is 24.3 Å². The van der Waals surface area contributed by atoms with E-state index >= 15 is 0 Å². The summed E-state index contributed by atoms with van der Waals surface area (Å²) in [7, 11) is 0. The lowest BCUT2D eigenvalue weighted by Gasteiger charge is -2.28. The highest BCUT2D eigenvalue weighted by molar-refractivity contribution is 6.31. The highest BCUT2D eigenvalue weighted by atomic mass is 35.5. The predicted octanol–water partition coefficient (Wildman–Crippen LogP) is 2.79. The van der Waals surface area contributed by atoms with Gasteiger partial charge in [-0.15, -0.1) is 0 Å². The number of nitro benzene ring substituents is 2. The summed E-state index contributed by atoms with van der Waals surface area (Å²) in [4.78, 5) is 47.4. The molecule has 2 aromatic carbocycles. The van der Waals surface area contributed by atoms with E-state index in [4.69, 9.17) is 21.1 Å². The van der Waals surface area contributed by atoms with E-state index in [1.54, 1.807) is 4.90 Å². The lowest BCUT2D eigenvalue weighted by Crippen LogP contribution is -2.36. The molecule has 2 aromatic rings. The predicted molar refractivity (Wildman–Crippen MR) is 113 cm³/mol. The van der Waals surface area contributed by atoms with Gasteiger partial charge in [0.05, 0.1) is 28.6 Å². The van der Waals surface area contributed by atoms with Gasteiger partial charge in [-0.3, -0.25) is 25.0 Å². The molecule has 1 amide bonds. The van der Waals surface area contributed by atoms with Crippen LogP contribution in [0.2, 0.25) is 5.02 Å². The van der Waals surface area contributed by atoms with Gasteiger partial charge in [-0.1, -0.05) is 11.6 Å². The van der Waals surface area contributed by atoms with E-state index in [-0.39, 0.29) is 27.6 Å². The Balaban J connectivity index is 1.68. The summed E-state index contributed by atoms with van der Waals surface area (Å²) >= 11 is 5.80. The van der Waals surface area contributed by atoms with Gasteiger partial charge in [0.25, 0.3) is 17.3 Å². The number of ether oxygens (including phenoxy) is 2. The molecule has 0 atom stereocenters. The number of nitrogens with zero attached hydrogens (tertiary/aromatic N) is 3. The van der Waals surface area contributed by atoms with Gasteiger partial charge in [0, 0.05) is 30.2 Å². The van der Waals surface area contributed by atoms with Crippen LogP contribution >= 0.6 is 11.6 Å². The Hall–Kier alpha value is -3.77. The summed E-state index contributed by atoms with van der Waals surface area (Å²) in [5.41, 5.74) is -0.589. The Morgan fingerprint density at radius 2 is 1.75 bits per heavy atom. The van der Waals surface area contributed by atoms with E-state index < -0.39 is 28.3 Å². The molecule has 0 bridgehead atoms. The molecule has 0 spiro atoms. The molecule has 1 aliphatic heterocycles. The average Bonchev–Trinajstić information content (AvgIpc) is 2.77. The minimum Gasteiger partial charge on any atom is -0.452 e. The number of hydrogen-bond acceptors (Lipinski definition) is 9. The van der Waals surface area contributed by atoms with Crippen LogP contribution in [0.3, 0.4) is 0 Å². The maximum absolute atomic E-state index is 12.3. The number of carbonyl (C=O) groups is 2. The molecule has 0 aromatic heterocycles. The molecule has 0 saturated carbocycles. The number of carbonyl (C=O) groups excluding carboxylic acids is 2. The van der Waals surface area contributed by atoms with E-state index in [9.17, 15) is 29.8 Å². The van der Waals surface area contributed by atoms with E-state index in [2.05, 4.69) is 5.32 Å². The number of hydrogen-bond donors (Lipinski definition) is 1. The number of nitrogens with one attached hydrogen (secondary N) is 1. The third-order valence-electron chi connectivity index (χ3n) is 4.52. The number of rotatable bonds is 7. The first kappa shape index (κ1) is 22.9. The van der Waals surface area contributed by atoms with Gasteiger partial charge in [-0.05, 0) is 24.3 Å². The van der Waals surface area contributed by atoms with Crippen molar-refractivity contribution < 1.29 is 28.9 Å². The third-order valence-corrected chi connectivity index (χ3v) is 4.76. The first-order chi connectivity index (χ1) is 15.3. The maximum atomic E-state index is 12.3. The van der Waals surface area contributed by atoms with Crippen LogP contribution in [0.15, 0.2) is 36.4 Å². The van der Waals surface area contributed by atoms with Crippen LogP contribution in [-0.2, 0) is 14.3 Å². The van der Waals surface area contributed by atoms with Crippen molar-refractivity contribution in [2.24, 2.45) is 0 Å². The van der Waals surface area contributed by atoms with E-state index in [0.717, 1.165) is 12.1 Å². The Labute approximate surface area is 186 Å². The zero-order chi connectivity index (χ0) is 23.3. The van der Waals surface area contributed by atoms with Gasteiger partial charge in [0.2, 0.25) is 0 Å². The summed E-state index contributed by atoms with van der Waals surface area (Å²) in [6.45, 7) is 1.05. The fourth-order valence-electron chi connectivity index (χ4n) is 3.04. The molecule has 1 aliphatic rings. The van der Waals surface area contributed by atoms with E-state index in [1.807, 2.05) is 0 Å². The third kappa shape index (κ3) is 5.47. The summed E-state index contributed by atoms with van der Waals surface area (Å²) < 4.78 is 10.1. The Morgan fingerprint density at radius 1 is 1.06 bits per heavy atom. The minimum absolute atomic E-state index is 0.116. The summed E-state index contributed by atoms with van der Waals surface area (Å²) in [5.74, 6) is -1.81. The molecule has 1 heterocycles. The molecular formula is C19H17ClN4O8. The lowest BCUT2D eigenvalue weighted by atomic mass is 10.1. The summed E-state index contributed by atoms with van der Waals surface area (Å²) in [6.07, 6.45) is 0. The lowest BCUT2D eigenvalue weighted by molar-refractivity contribution is -0.384. The normalized spacial score (nSPS) is 13.3. The number of nitro groups is 2. The fourth-order valence-corrected chi connectivity index (χ4v) is 3.21. The zero-order valence-electron chi connectivity index (χ0n) is 16.5. The smallest absolute Gasteiger partial charge is 0.338 e. The maximum Gasteiger partial charge on any atom is 0.338 e. The number of esters is 1. The second-order valence-corrected chi connectivity index (χ2v) is 7.04. The molecule has 1 saturated heterocycles. The fraction of sp³-hybridized carbons (Fsp3) is 0.263. The van der Waals surface area contributed by atoms with Crippen LogP contribution in [0.1, 0.15) is 10.4 Å². The Morgan fingerprint density at radius 3 is 2.41 bits per heavy atom. The number of benzene rings is 2. The molecule has 0 unspecified atom stereocenters. The van der Waals surface area contributed by atoms with Gasteiger partial charge in [0.1, 0.15) is 11.4 Å². The van der Waals surface area contributed by atoms with Gasteiger partial charge in [-0.2, -0.15) is 0 Å². The Bertz CT molecular complexity index is 1070. The molecule has 1 N–H and O–H groups in total. The van der Waals surface area contributed by atoms with Crippen molar-refractivity contribution in [3.63, 3.8) is 0 Å². The molecule has 1 fully saturated rings. The molecule has 12 nitrogen and oxygen atoms in total. The molecule has 0 radical (unpaired) electrons. The first-order valence-corrected chi connectivity index (χ1v) is 9.66. The highest BCUT2D eigenvalue weighted by Gasteiger charge is 2.24. The monoisotopic (exact) mass is 464 g/mol. The van der Waals surface area contributed by atoms with E-state index in [0.29, 0.717) is 32.0 Å². The highest BCUT2D eigenvalue weighted by Crippen LogP contribution is 2.30. The van der Waals surface area contributed by atoms with Crippen molar-refractivity contribution in [2.75, 3.05) is 43.1 Å². The molecular weight excluding hydrogens is 448 g/mol. The van der Waals surface area contributed by atoms with Crippen LogP contribution in [-0.4, -0.2) is 54.6 Å². The topological polar surface area (TPSA) is 154 Å². The van der Waals surface area contributed by atoms with Crippen molar-refractivity contribution in [1.82, 2.24) is 0 Å². The van der Waals surface area contributed by atoms with Crippen LogP contribution in [0.5, 0.6) is 0 Å². The van der Waals surface area contributed by atoms with Gasteiger partial charge in [-0.25, -0.2) is 4.79 Å². The van der Waals surface area contributed by atoms with Gasteiger partial charge in [0.15, 0.2) is 6.61 Å². The number of anilines is 2. The van der Waals surface area contributed by atoms with Crippen molar-refractivity contribution in [3.8, 4) is 0 Å². The average molecular weight is 465 g/mol. The van der Waals surface area contributed by atoms with Crippen LogP contribution in [0.25, 0.3) is 0 Å². The number of morpholine rings is 1. The molecule has 168 valence electrons. The quantitative estimate of drug-likeness (QED) is 0.370. The van der Waals surface area contributed by atoms with Crippen LogP contribution < -0.4 is 10.2 Å².